The molecule has 0 saturated heterocycles. The van der Waals surface area contributed by atoms with Gasteiger partial charge in [0.2, 0.25) is 41.4 Å². The van der Waals surface area contributed by atoms with E-state index >= 15 is 0 Å². The van der Waals surface area contributed by atoms with E-state index in [1.165, 1.54) is 0 Å². The number of hydrogen-bond donors (Lipinski definition) is 10. The summed E-state index contributed by atoms with van der Waals surface area (Å²) in [6, 6.07) is -7.10. The fourth-order valence-corrected chi connectivity index (χ4v) is 5.26. The second-order valence-corrected chi connectivity index (χ2v) is 14.4. The molecular formula is C34H63N9O9. The minimum atomic E-state index is -1.39. The van der Waals surface area contributed by atoms with Crippen molar-refractivity contribution in [1.82, 2.24) is 26.6 Å². The van der Waals surface area contributed by atoms with Crippen molar-refractivity contribution < 1.29 is 43.5 Å². The van der Waals surface area contributed by atoms with E-state index in [9.17, 15) is 43.5 Å². The molecule has 18 heteroatoms. The fraction of sp³-hybridized carbons (Fsp3) is 0.765. The molecule has 0 rings (SSSR count). The Balaban J connectivity index is 6.24. The van der Waals surface area contributed by atoms with Gasteiger partial charge in [0.1, 0.15) is 30.2 Å². The number of hydrogen-bond acceptors (Lipinski definition) is 10. The molecule has 52 heavy (non-hydrogen) atoms. The Morgan fingerprint density at radius 2 is 0.904 bits per heavy atom. The molecule has 0 aromatic rings. The zero-order valence-corrected chi connectivity index (χ0v) is 31.5. The standard InChI is InChI=1S/C34H63N9O9/c1-18(2)15-21(36)30(48)40-24(11-13-28(45)46)32(50)43-26(17-20(5)6)34(52)41-23(10-12-27(37)44)31(49)42-25(16-19(3)4)33(51)39-22(29(38)47)9-7-8-14-35/h18-26H,7-17,35-36H2,1-6H3,(H2,37,44)(H2,38,47)(H,39,51)(H,40,48)(H,41,52)(H,42,49)(H,43,50)(H,45,46)/t21-,22-,23-,24-,25-,26-/m0/s1. The lowest BCUT2D eigenvalue weighted by molar-refractivity contribution is -0.138. The Hall–Kier alpha value is -4.32. The summed E-state index contributed by atoms with van der Waals surface area (Å²) < 4.78 is 0. The molecule has 0 fully saturated rings. The summed E-state index contributed by atoms with van der Waals surface area (Å²) in [5.74, 6) is -6.73. The van der Waals surface area contributed by atoms with Crippen molar-refractivity contribution in [2.45, 2.75) is 142 Å². The summed E-state index contributed by atoms with van der Waals surface area (Å²) in [6.45, 7) is 11.3. The number of amides is 7. The van der Waals surface area contributed by atoms with Crippen molar-refractivity contribution in [3.05, 3.63) is 0 Å². The van der Waals surface area contributed by atoms with Gasteiger partial charge in [0.15, 0.2) is 0 Å². The van der Waals surface area contributed by atoms with Crippen molar-refractivity contribution >= 4 is 47.3 Å². The monoisotopic (exact) mass is 741 g/mol. The number of unbranched alkanes of at least 4 members (excludes halogenated alkanes) is 1. The summed E-state index contributed by atoms with van der Waals surface area (Å²) in [4.78, 5) is 102. The van der Waals surface area contributed by atoms with Crippen LogP contribution in [-0.2, 0) is 38.4 Å². The second kappa shape index (κ2) is 24.8. The van der Waals surface area contributed by atoms with Gasteiger partial charge in [-0.25, -0.2) is 0 Å². The second-order valence-electron chi connectivity index (χ2n) is 14.4. The summed E-state index contributed by atoms with van der Waals surface area (Å²) in [5, 5.41) is 22.0. The maximum Gasteiger partial charge on any atom is 0.303 e. The van der Waals surface area contributed by atoms with Crippen LogP contribution in [0.5, 0.6) is 0 Å². The first-order valence-electron chi connectivity index (χ1n) is 17.9. The normalized spacial score (nSPS) is 14.8. The minimum Gasteiger partial charge on any atom is -0.481 e. The molecule has 7 amide bonds. The molecule has 298 valence electrons. The average molecular weight is 742 g/mol. The highest BCUT2D eigenvalue weighted by Gasteiger charge is 2.33. The van der Waals surface area contributed by atoms with Crippen LogP contribution in [0.3, 0.4) is 0 Å². The molecule has 0 bridgehead atoms. The van der Waals surface area contributed by atoms with Crippen LogP contribution in [0.2, 0.25) is 0 Å². The molecule has 0 radical (unpaired) electrons. The zero-order chi connectivity index (χ0) is 40.1. The average Bonchev–Trinajstić information content (AvgIpc) is 3.02. The Morgan fingerprint density at radius 3 is 1.29 bits per heavy atom. The third-order valence-electron chi connectivity index (χ3n) is 7.94. The van der Waals surface area contributed by atoms with Gasteiger partial charge in [-0.2, -0.15) is 0 Å². The van der Waals surface area contributed by atoms with Gasteiger partial charge in [-0.1, -0.05) is 41.5 Å². The molecular weight excluding hydrogens is 678 g/mol. The summed E-state index contributed by atoms with van der Waals surface area (Å²) in [7, 11) is 0. The predicted molar refractivity (Wildman–Crippen MR) is 193 cm³/mol. The van der Waals surface area contributed by atoms with Crippen molar-refractivity contribution in [1.29, 1.82) is 0 Å². The van der Waals surface area contributed by atoms with Crippen LogP contribution in [0, 0.1) is 17.8 Å². The smallest absolute Gasteiger partial charge is 0.303 e. The van der Waals surface area contributed by atoms with Gasteiger partial charge in [-0.05, 0) is 75.7 Å². The Kier molecular flexibility index (Phi) is 22.7. The van der Waals surface area contributed by atoms with Crippen LogP contribution in [0.25, 0.3) is 0 Å². The third kappa shape index (κ3) is 20.5. The van der Waals surface area contributed by atoms with Crippen LogP contribution in [0.15, 0.2) is 0 Å². The number of carboxylic acid groups (broad SMARTS) is 1. The van der Waals surface area contributed by atoms with Gasteiger partial charge in [0, 0.05) is 12.8 Å². The molecule has 0 aromatic carbocycles. The van der Waals surface area contributed by atoms with Gasteiger partial charge in [0.05, 0.1) is 6.04 Å². The number of carboxylic acids is 1. The minimum absolute atomic E-state index is 0.0689. The maximum absolute atomic E-state index is 13.7. The van der Waals surface area contributed by atoms with E-state index in [2.05, 4.69) is 26.6 Å². The largest absolute Gasteiger partial charge is 0.481 e. The topological polar surface area (TPSA) is 321 Å². The third-order valence-corrected chi connectivity index (χ3v) is 7.94. The first-order valence-corrected chi connectivity index (χ1v) is 17.9. The molecule has 0 aliphatic carbocycles. The van der Waals surface area contributed by atoms with Gasteiger partial charge in [0.25, 0.3) is 0 Å². The molecule has 14 N–H and O–H groups in total. The molecule has 18 nitrogen and oxygen atoms in total. The summed E-state index contributed by atoms with van der Waals surface area (Å²) in [6.07, 6.45) is 0.597. The quantitative estimate of drug-likeness (QED) is 0.0438. The summed E-state index contributed by atoms with van der Waals surface area (Å²) in [5.41, 5.74) is 22.3. The highest BCUT2D eigenvalue weighted by molar-refractivity contribution is 5.96. The number of carbonyl (C=O) groups excluding carboxylic acids is 7. The van der Waals surface area contributed by atoms with Crippen molar-refractivity contribution in [2.24, 2.45) is 40.7 Å². The van der Waals surface area contributed by atoms with Crippen molar-refractivity contribution in [3.8, 4) is 0 Å². The van der Waals surface area contributed by atoms with Crippen LogP contribution >= 0.6 is 0 Å². The molecule has 0 unspecified atom stereocenters. The Morgan fingerprint density at radius 1 is 0.519 bits per heavy atom. The van der Waals surface area contributed by atoms with Gasteiger partial charge in [-0.15, -0.1) is 0 Å². The lowest BCUT2D eigenvalue weighted by Crippen LogP contribution is -2.59. The van der Waals surface area contributed by atoms with Crippen LogP contribution in [0.4, 0.5) is 0 Å². The molecule has 0 spiro atoms. The predicted octanol–water partition coefficient (Wildman–Crippen LogP) is -1.38. The van der Waals surface area contributed by atoms with Gasteiger partial charge < -0.3 is 54.6 Å². The van der Waals surface area contributed by atoms with E-state index < -0.39 is 90.0 Å². The number of primary amides is 2. The maximum atomic E-state index is 13.7. The van der Waals surface area contributed by atoms with E-state index in [0.717, 1.165) is 0 Å². The van der Waals surface area contributed by atoms with E-state index in [1.807, 2.05) is 27.7 Å². The molecule has 0 aromatic heterocycles. The van der Waals surface area contributed by atoms with Crippen LogP contribution in [-0.4, -0.2) is 95.2 Å². The van der Waals surface area contributed by atoms with E-state index in [4.69, 9.17) is 22.9 Å². The first kappa shape index (κ1) is 47.7. The van der Waals surface area contributed by atoms with E-state index in [1.54, 1.807) is 13.8 Å². The van der Waals surface area contributed by atoms with Crippen molar-refractivity contribution in [3.63, 3.8) is 0 Å². The summed E-state index contributed by atoms with van der Waals surface area (Å²) >= 11 is 0. The molecule has 0 aliphatic rings. The van der Waals surface area contributed by atoms with Crippen molar-refractivity contribution in [2.75, 3.05) is 6.54 Å². The highest BCUT2D eigenvalue weighted by Crippen LogP contribution is 2.12. The number of nitrogens with one attached hydrogen (secondary N) is 5. The number of nitrogens with two attached hydrogens (primary N) is 4. The fourth-order valence-electron chi connectivity index (χ4n) is 5.26. The van der Waals surface area contributed by atoms with Gasteiger partial charge >= 0.3 is 5.97 Å². The molecule has 0 saturated carbocycles. The van der Waals surface area contributed by atoms with Gasteiger partial charge in [-0.3, -0.25) is 38.4 Å². The Bertz CT molecular complexity index is 1210. The highest BCUT2D eigenvalue weighted by atomic mass is 16.4. The lowest BCUT2D eigenvalue weighted by Gasteiger charge is -2.28. The SMILES string of the molecule is CC(C)C[C@H](NC(=O)[C@H](CCC(N)=O)NC(=O)[C@H](CC(C)C)NC(=O)[C@H](CCC(=O)O)NC(=O)[C@@H](N)CC(C)C)C(=O)N[C@@H](CCCCN)C(N)=O. The van der Waals surface area contributed by atoms with Crippen LogP contribution in [0.1, 0.15) is 106 Å². The number of rotatable bonds is 27. The number of aliphatic carboxylic acids is 1. The van der Waals surface area contributed by atoms with E-state index in [-0.39, 0.29) is 56.3 Å². The number of carbonyl (C=O) groups is 8. The van der Waals surface area contributed by atoms with E-state index in [0.29, 0.717) is 25.8 Å². The zero-order valence-electron chi connectivity index (χ0n) is 31.5. The molecule has 0 heterocycles. The molecule has 0 aliphatic heterocycles. The van der Waals surface area contributed by atoms with Crippen LogP contribution < -0.4 is 49.5 Å². The molecule has 6 atom stereocenters. The first-order chi connectivity index (χ1) is 24.2. The lowest BCUT2D eigenvalue weighted by atomic mass is 9.99. The Labute approximate surface area is 306 Å².